The van der Waals surface area contributed by atoms with E-state index in [0.29, 0.717) is 6.61 Å². The number of alkyl halides is 1. The zero-order chi connectivity index (χ0) is 14.9. The SMILES string of the molecule is CCOc1ccc(Br)cc1C(Br)C1(c2ccccc2)CC1. The monoisotopic (exact) mass is 408 g/mol. The Hall–Kier alpha value is -0.800. The summed E-state index contributed by atoms with van der Waals surface area (Å²) in [5.74, 6) is 0.977. The van der Waals surface area contributed by atoms with Crippen molar-refractivity contribution in [3.8, 4) is 5.75 Å². The highest BCUT2D eigenvalue weighted by molar-refractivity contribution is 9.10. The van der Waals surface area contributed by atoms with Crippen molar-refractivity contribution in [3.63, 3.8) is 0 Å². The number of ether oxygens (including phenoxy) is 1. The summed E-state index contributed by atoms with van der Waals surface area (Å²) in [7, 11) is 0. The van der Waals surface area contributed by atoms with Crippen LogP contribution in [0.15, 0.2) is 53.0 Å². The molecule has 1 aliphatic rings. The molecule has 21 heavy (non-hydrogen) atoms. The Kier molecular flexibility index (Phi) is 4.41. The van der Waals surface area contributed by atoms with Crippen LogP contribution in [0, 0.1) is 0 Å². The molecule has 1 unspecified atom stereocenters. The molecule has 0 heterocycles. The minimum absolute atomic E-state index is 0.202. The molecule has 0 amide bonds. The quantitative estimate of drug-likeness (QED) is 0.549. The van der Waals surface area contributed by atoms with Crippen LogP contribution in [0.25, 0.3) is 0 Å². The Labute approximate surface area is 143 Å². The summed E-state index contributed by atoms with van der Waals surface area (Å²) in [6.07, 6.45) is 2.43. The molecule has 0 N–H and O–H groups in total. The maximum Gasteiger partial charge on any atom is 0.123 e. The lowest BCUT2D eigenvalue weighted by atomic mass is 9.88. The second-order valence-corrected chi connectivity index (χ2v) is 7.33. The number of halogens is 2. The normalized spacial score (nSPS) is 17.3. The zero-order valence-corrected chi connectivity index (χ0v) is 15.2. The summed E-state index contributed by atoms with van der Waals surface area (Å²) in [6.45, 7) is 2.71. The van der Waals surface area contributed by atoms with Crippen molar-refractivity contribution in [2.24, 2.45) is 0 Å². The molecule has 110 valence electrons. The molecule has 0 saturated heterocycles. The van der Waals surface area contributed by atoms with E-state index in [-0.39, 0.29) is 10.2 Å². The van der Waals surface area contributed by atoms with Gasteiger partial charge in [0.2, 0.25) is 0 Å². The van der Waals surface area contributed by atoms with Gasteiger partial charge in [0, 0.05) is 15.5 Å². The van der Waals surface area contributed by atoms with Crippen LogP contribution >= 0.6 is 31.9 Å². The molecule has 1 nitrogen and oxygen atoms in total. The van der Waals surface area contributed by atoms with Crippen LogP contribution in [0.1, 0.15) is 35.7 Å². The Morgan fingerprint density at radius 1 is 1.14 bits per heavy atom. The highest BCUT2D eigenvalue weighted by Gasteiger charge is 2.50. The smallest absolute Gasteiger partial charge is 0.123 e. The van der Waals surface area contributed by atoms with Gasteiger partial charge in [-0.05, 0) is 43.5 Å². The van der Waals surface area contributed by atoms with Gasteiger partial charge in [-0.2, -0.15) is 0 Å². The van der Waals surface area contributed by atoms with Gasteiger partial charge in [0.05, 0.1) is 11.4 Å². The molecular formula is C18H18Br2O. The van der Waals surface area contributed by atoms with Gasteiger partial charge >= 0.3 is 0 Å². The molecule has 2 aromatic rings. The van der Waals surface area contributed by atoms with E-state index in [1.54, 1.807) is 0 Å². The lowest BCUT2D eigenvalue weighted by Gasteiger charge is -2.25. The Balaban J connectivity index is 1.99. The van der Waals surface area contributed by atoms with Gasteiger partial charge in [0.1, 0.15) is 5.75 Å². The number of rotatable bonds is 5. The standard InChI is InChI=1S/C18H18Br2O/c1-2-21-16-9-8-14(19)12-15(16)17(20)18(10-11-18)13-6-4-3-5-7-13/h3-9,12,17H,2,10-11H2,1H3. The van der Waals surface area contributed by atoms with Gasteiger partial charge in [0.25, 0.3) is 0 Å². The minimum Gasteiger partial charge on any atom is -0.494 e. The third-order valence-corrected chi connectivity index (χ3v) is 6.03. The first-order chi connectivity index (χ1) is 10.2. The summed E-state index contributed by atoms with van der Waals surface area (Å²) in [5, 5.41) is 0. The van der Waals surface area contributed by atoms with Crippen molar-refractivity contribution < 1.29 is 4.74 Å². The Morgan fingerprint density at radius 2 is 1.86 bits per heavy atom. The average Bonchev–Trinajstić information content (AvgIpc) is 3.31. The average molecular weight is 410 g/mol. The van der Waals surface area contributed by atoms with Crippen LogP contribution in [0.2, 0.25) is 0 Å². The van der Waals surface area contributed by atoms with Crippen LogP contribution in [-0.2, 0) is 5.41 Å². The van der Waals surface area contributed by atoms with Crippen LogP contribution < -0.4 is 4.74 Å². The molecule has 0 bridgehead atoms. The molecule has 3 heteroatoms. The van der Waals surface area contributed by atoms with E-state index >= 15 is 0 Å². The van der Waals surface area contributed by atoms with Crippen molar-refractivity contribution in [2.75, 3.05) is 6.61 Å². The maximum absolute atomic E-state index is 5.82. The summed E-state index contributed by atoms with van der Waals surface area (Å²) in [6, 6.07) is 17.1. The summed E-state index contributed by atoms with van der Waals surface area (Å²) in [5.41, 5.74) is 2.84. The van der Waals surface area contributed by atoms with Crippen molar-refractivity contribution >= 4 is 31.9 Å². The second kappa shape index (κ2) is 6.13. The molecule has 2 aromatic carbocycles. The third kappa shape index (κ3) is 2.91. The Bertz CT molecular complexity index is 620. The van der Waals surface area contributed by atoms with E-state index in [1.807, 2.05) is 13.0 Å². The lowest BCUT2D eigenvalue weighted by molar-refractivity contribution is 0.335. The molecule has 1 atom stereocenters. The van der Waals surface area contributed by atoms with Crippen LogP contribution in [0.5, 0.6) is 5.75 Å². The van der Waals surface area contributed by atoms with Gasteiger partial charge in [-0.15, -0.1) is 0 Å². The summed E-state index contributed by atoms with van der Waals surface area (Å²) >= 11 is 7.54. The molecule has 0 radical (unpaired) electrons. The first-order valence-electron chi connectivity index (χ1n) is 7.29. The number of benzene rings is 2. The van der Waals surface area contributed by atoms with E-state index in [0.717, 1.165) is 10.2 Å². The predicted octanol–water partition coefficient (Wildman–Crippen LogP) is 6.02. The fraction of sp³-hybridized carbons (Fsp3) is 0.333. The topological polar surface area (TPSA) is 9.23 Å². The van der Waals surface area contributed by atoms with Gasteiger partial charge in [-0.25, -0.2) is 0 Å². The first kappa shape index (κ1) is 15.1. The first-order valence-corrected chi connectivity index (χ1v) is 9.00. The largest absolute Gasteiger partial charge is 0.494 e. The molecule has 3 rings (SSSR count). The van der Waals surface area contributed by atoms with Crippen LogP contribution in [0.3, 0.4) is 0 Å². The van der Waals surface area contributed by atoms with Crippen LogP contribution in [-0.4, -0.2) is 6.61 Å². The van der Waals surface area contributed by atoms with E-state index in [2.05, 4.69) is 74.3 Å². The Morgan fingerprint density at radius 3 is 2.48 bits per heavy atom. The minimum atomic E-state index is 0.202. The fourth-order valence-electron chi connectivity index (χ4n) is 2.90. The lowest BCUT2D eigenvalue weighted by Crippen LogP contribution is -2.14. The third-order valence-electron chi connectivity index (χ3n) is 4.17. The van der Waals surface area contributed by atoms with E-state index in [9.17, 15) is 0 Å². The predicted molar refractivity (Wildman–Crippen MR) is 94.3 cm³/mol. The second-order valence-electron chi connectivity index (χ2n) is 5.50. The van der Waals surface area contributed by atoms with Gasteiger partial charge < -0.3 is 4.74 Å². The van der Waals surface area contributed by atoms with Crippen molar-refractivity contribution in [1.29, 1.82) is 0 Å². The van der Waals surface area contributed by atoms with Crippen molar-refractivity contribution in [1.82, 2.24) is 0 Å². The molecule has 1 saturated carbocycles. The summed E-state index contributed by atoms with van der Waals surface area (Å²) in [4.78, 5) is 0.270. The van der Waals surface area contributed by atoms with Gasteiger partial charge in [-0.1, -0.05) is 62.2 Å². The van der Waals surface area contributed by atoms with E-state index < -0.39 is 0 Å². The highest BCUT2D eigenvalue weighted by atomic mass is 79.9. The molecule has 1 fully saturated rings. The highest BCUT2D eigenvalue weighted by Crippen LogP contribution is 2.61. The van der Waals surface area contributed by atoms with Crippen molar-refractivity contribution in [2.45, 2.75) is 30.0 Å². The fourth-order valence-corrected chi connectivity index (χ4v) is 4.35. The van der Waals surface area contributed by atoms with Crippen LogP contribution in [0.4, 0.5) is 0 Å². The van der Waals surface area contributed by atoms with Gasteiger partial charge in [0.15, 0.2) is 0 Å². The zero-order valence-electron chi connectivity index (χ0n) is 12.0. The molecule has 1 aliphatic carbocycles. The molecular weight excluding hydrogens is 392 g/mol. The summed E-state index contributed by atoms with van der Waals surface area (Å²) < 4.78 is 6.91. The van der Waals surface area contributed by atoms with Crippen molar-refractivity contribution in [3.05, 3.63) is 64.1 Å². The van der Waals surface area contributed by atoms with E-state index in [4.69, 9.17) is 4.74 Å². The molecule has 0 spiro atoms. The maximum atomic E-state index is 5.82. The molecule has 0 aromatic heterocycles. The number of hydrogen-bond donors (Lipinski definition) is 0. The molecule has 0 aliphatic heterocycles. The van der Waals surface area contributed by atoms with E-state index in [1.165, 1.54) is 24.0 Å². The number of hydrogen-bond acceptors (Lipinski definition) is 1. The van der Waals surface area contributed by atoms with Gasteiger partial charge in [-0.3, -0.25) is 0 Å².